The molecule has 30 heavy (non-hydrogen) atoms. The number of amides is 1. The molecule has 0 atom stereocenters. The lowest BCUT2D eigenvalue weighted by atomic mass is 9.79. The van der Waals surface area contributed by atoms with Gasteiger partial charge in [0.15, 0.2) is 9.84 Å². The second-order valence-corrected chi connectivity index (χ2v) is 12.5. The van der Waals surface area contributed by atoms with Crippen molar-refractivity contribution in [3.63, 3.8) is 0 Å². The molecular weight excluding hydrogens is 394 g/mol. The second kappa shape index (κ2) is 10.3. The Bertz CT molecular complexity index is 848. The van der Waals surface area contributed by atoms with Crippen LogP contribution in [0.5, 0.6) is 0 Å². The first-order chi connectivity index (χ1) is 13.9. The molecule has 0 radical (unpaired) electrons. The molecule has 0 aromatic heterocycles. The summed E-state index contributed by atoms with van der Waals surface area (Å²) in [6.45, 7) is 13.8. The molecule has 2 rings (SSSR count). The van der Waals surface area contributed by atoms with Crippen LogP contribution >= 0.6 is 0 Å². The summed E-state index contributed by atoms with van der Waals surface area (Å²) in [7, 11) is -2.94. The molecule has 5 heteroatoms. The van der Waals surface area contributed by atoms with E-state index in [0.717, 1.165) is 49.7 Å². The molecule has 1 N–H and O–H groups in total. The maximum atomic E-state index is 12.5. The summed E-state index contributed by atoms with van der Waals surface area (Å²) >= 11 is 0. The predicted octanol–water partition coefficient (Wildman–Crippen LogP) is 5.31. The number of aryl methyl sites for hydroxylation is 1. The van der Waals surface area contributed by atoms with E-state index in [-0.39, 0.29) is 17.2 Å². The third-order valence-corrected chi connectivity index (χ3v) is 9.25. The molecule has 0 saturated heterocycles. The highest BCUT2D eigenvalue weighted by atomic mass is 32.2. The van der Waals surface area contributed by atoms with Gasteiger partial charge in [0.1, 0.15) is 0 Å². The fraction of sp³-hybridized carbons (Fsp3) is 0.720. The van der Waals surface area contributed by atoms with Gasteiger partial charge < -0.3 is 5.32 Å². The maximum absolute atomic E-state index is 12.5. The Kier molecular flexibility index (Phi) is 8.55. The maximum Gasteiger partial charge on any atom is 0.251 e. The summed E-state index contributed by atoms with van der Waals surface area (Å²) in [5, 5.41) is 2.73. The summed E-state index contributed by atoms with van der Waals surface area (Å²) in [4.78, 5) is 12.5. The zero-order valence-electron chi connectivity index (χ0n) is 20.0. The molecule has 0 heterocycles. The fourth-order valence-electron chi connectivity index (χ4n) is 4.65. The van der Waals surface area contributed by atoms with Crippen LogP contribution in [0, 0.1) is 32.6 Å². The lowest BCUT2D eigenvalue weighted by molar-refractivity contribution is 0.0942. The zero-order chi connectivity index (χ0) is 22.6. The minimum absolute atomic E-state index is 0.00919. The van der Waals surface area contributed by atoms with Gasteiger partial charge in [-0.25, -0.2) is 8.42 Å². The van der Waals surface area contributed by atoms with Crippen molar-refractivity contribution in [1.29, 1.82) is 0 Å². The average molecular weight is 436 g/mol. The summed E-state index contributed by atoms with van der Waals surface area (Å²) in [6, 6.07) is 2.17. The smallest absolute Gasteiger partial charge is 0.251 e. The van der Waals surface area contributed by atoms with Gasteiger partial charge in [-0.2, -0.15) is 0 Å². The van der Waals surface area contributed by atoms with Crippen molar-refractivity contribution in [2.75, 3.05) is 5.75 Å². The SMILES string of the molecule is Cc1cc(C(=O)NC(C)C)c(C)c(C)c1CCC1CCC(CS(=O)(=O)C(C)C)CC1. The first kappa shape index (κ1) is 24.9. The zero-order valence-corrected chi connectivity index (χ0v) is 20.8. The van der Waals surface area contributed by atoms with Gasteiger partial charge in [0.05, 0.1) is 11.0 Å². The number of rotatable bonds is 8. The van der Waals surface area contributed by atoms with Crippen molar-refractivity contribution >= 4 is 15.7 Å². The summed E-state index contributed by atoms with van der Waals surface area (Å²) in [5.74, 6) is 1.37. The topological polar surface area (TPSA) is 63.2 Å². The van der Waals surface area contributed by atoms with E-state index in [1.165, 1.54) is 16.7 Å². The van der Waals surface area contributed by atoms with E-state index in [4.69, 9.17) is 0 Å². The van der Waals surface area contributed by atoms with E-state index in [9.17, 15) is 13.2 Å². The minimum Gasteiger partial charge on any atom is -0.350 e. The van der Waals surface area contributed by atoms with Gasteiger partial charge in [-0.1, -0.05) is 12.8 Å². The van der Waals surface area contributed by atoms with Crippen molar-refractivity contribution in [2.45, 2.75) is 98.3 Å². The van der Waals surface area contributed by atoms with Gasteiger partial charge >= 0.3 is 0 Å². The Labute approximate surface area is 184 Å². The third-order valence-electron chi connectivity index (χ3n) is 6.88. The number of hydrogen-bond donors (Lipinski definition) is 1. The van der Waals surface area contributed by atoms with Crippen molar-refractivity contribution in [2.24, 2.45) is 11.8 Å². The van der Waals surface area contributed by atoms with Crippen LogP contribution in [0.2, 0.25) is 0 Å². The van der Waals surface area contributed by atoms with E-state index in [1.54, 1.807) is 13.8 Å². The average Bonchev–Trinajstić information content (AvgIpc) is 2.64. The van der Waals surface area contributed by atoms with Gasteiger partial charge in [0, 0.05) is 11.6 Å². The van der Waals surface area contributed by atoms with Crippen LogP contribution in [0.3, 0.4) is 0 Å². The quantitative estimate of drug-likeness (QED) is 0.602. The Balaban J connectivity index is 1.97. The highest BCUT2D eigenvalue weighted by Crippen LogP contribution is 2.34. The van der Waals surface area contributed by atoms with E-state index < -0.39 is 9.84 Å². The van der Waals surface area contributed by atoms with E-state index in [1.807, 2.05) is 26.8 Å². The third kappa shape index (κ3) is 6.32. The first-order valence-electron chi connectivity index (χ1n) is 11.5. The van der Waals surface area contributed by atoms with Crippen molar-refractivity contribution < 1.29 is 13.2 Å². The van der Waals surface area contributed by atoms with Gasteiger partial charge in [0.25, 0.3) is 5.91 Å². The molecule has 0 spiro atoms. The van der Waals surface area contributed by atoms with E-state index in [2.05, 4.69) is 19.2 Å². The first-order valence-corrected chi connectivity index (χ1v) is 13.3. The number of sulfone groups is 1. The normalized spacial score (nSPS) is 20.0. The molecule has 0 bridgehead atoms. The van der Waals surface area contributed by atoms with Gasteiger partial charge in [0.2, 0.25) is 0 Å². The summed E-state index contributed by atoms with van der Waals surface area (Å²) < 4.78 is 24.4. The van der Waals surface area contributed by atoms with Crippen LogP contribution in [0.1, 0.15) is 92.4 Å². The van der Waals surface area contributed by atoms with Crippen LogP contribution in [0.25, 0.3) is 0 Å². The van der Waals surface area contributed by atoms with Crippen LogP contribution < -0.4 is 5.32 Å². The molecule has 1 fully saturated rings. The molecule has 1 saturated carbocycles. The number of benzene rings is 1. The van der Waals surface area contributed by atoms with Crippen LogP contribution in [0.15, 0.2) is 6.07 Å². The van der Waals surface area contributed by atoms with Crippen LogP contribution in [-0.2, 0) is 16.3 Å². The second-order valence-electron chi connectivity index (χ2n) is 9.90. The molecule has 1 aromatic carbocycles. The van der Waals surface area contributed by atoms with Crippen molar-refractivity contribution in [3.8, 4) is 0 Å². The lowest BCUT2D eigenvalue weighted by Crippen LogP contribution is -2.31. The number of hydrogen-bond acceptors (Lipinski definition) is 3. The molecule has 4 nitrogen and oxygen atoms in total. The van der Waals surface area contributed by atoms with Crippen LogP contribution in [0.4, 0.5) is 0 Å². The van der Waals surface area contributed by atoms with Crippen molar-refractivity contribution in [1.82, 2.24) is 5.32 Å². The Hall–Kier alpha value is -1.36. The molecule has 1 aromatic rings. The van der Waals surface area contributed by atoms with E-state index >= 15 is 0 Å². The largest absolute Gasteiger partial charge is 0.350 e. The Morgan fingerprint density at radius 3 is 2.10 bits per heavy atom. The van der Waals surface area contributed by atoms with Crippen LogP contribution in [-0.4, -0.2) is 31.4 Å². The Morgan fingerprint density at radius 2 is 1.57 bits per heavy atom. The molecule has 0 unspecified atom stereocenters. The standard InChI is InChI=1S/C25H41NO3S/c1-16(2)26-25(27)24-14-18(5)23(19(6)20(24)7)13-12-21-8-10-22(11-9-21)15-30(28,29)17(3)4/h14,16-17,21-22H,8-13,15H2,1-7H3,(H,26,27). The monoisotopic (exact) mass is 435 g/mol. The molecular formula is C25H41NO3S. The van der Waals surface area contributed by atoms with Gasteiger partial charge in [-0.3, -0.25) is 4.79 Å². The van der Waals surface area contributed by atoms with Gasteiger partial charge in [-0.05, 0) is 114 Å². The number of nitrogens with one attached hydrogen (secondary N) is 1. The Morgan fingerprint density at radius 1 is 1.00 bits per heavy atom. The number of carbonyl (C=O) groups excluding carboxylic acids is 1. The molecule has 1 amide bonds. The molecule has 1 aliphatic rings. The highest BCUT2D eigenvalue weighted by molar-refractivity contribution is 7.91. The summed E-state index contributed by atoms with van der Waals surface area (Å²) in [6.07, 6.45) is 6.49. The highest BCUT2D eigenvalue weighted by Gasteiger charge is 2.27. The predicted molar refractivity (Wildman–Crippen MR) is 126 cm³/mol. The molecule has 1 aliphatic carbocycles. The minimum atomic E-state index is -2.94. The van der Waals surface area contributed by atoms with Gasteiger partial charge in [-0.15, -0.1) is 0 Å². The van der Waals surface area contributed by atoms with Crippen molar-refractivity contribution in [3.05, 3.63) is 33.9 Å². The number of carbonyl (C=O) groups is 1. The molecule has 170 valence electrons. The lowest BCUT2D eigenvalue weighted by Gasteiger charge is -2.29. The molecule has 0 aliphatic heterocycles. The fourth-order valence-corrected chi connectivity index (χ4v) is 6.03. The van der Waals surface area contributed by atoms with E-state index in [0.29, 0.717) is 17.6 Å². The summed E-state index contributed by atoms with van der Waals surface area (Å²) in [5.41, 5.74) is 5.67.